The van der Waals surface area contributed by atoms with E-state index in [4.69, 9.17) is 9.84 Å². The molecule has 0 aliphatic heterocycles. The van der Waals surface area contributed by atoms with Crippen LogP contribution in [0.2, 0.25) is 0 Å². The predicted molar refractivity (Wildman–Crippen MR) is 82.7 cm³/mol. The highest BCUT2D eigenvalue weighted by molar-refractivity contribution is 7.13. The van der Waals surface area contributed by atoms with Crippen LogP contribution in [-0.2, 0) is 0 Å². The molecule has 112 valence electrons. The van der Waals surface area contributed by atoms with Crippen LogP contribution in [0.15, 0.2) is 29.6 Å². The second-order valence-corrected chi connectivity index (χ2v) is 5.52. The molecule has 0 radical (unpaired) electrons. The fourth-order valence-corrected chi connectivity index (χ4v) is 2.54. The predicted octanol–water partition coefficient (Wildman–Crippen LogP) is 2.32. The summed E-state index contributed by atoms with van der Waals surface area (Å²) < 4.78 is 5.11. The van der Waals surface area contributed by atoms with Crippen LogP contribution in [0.3, 0.4) is 0 Å². The monoisotopic (exact) mass is 306 g/mol. The van der Waals surface area contributed by atoms with Gasteiger partial charge in [-0.2, -0.15) is 0 Å². The van der Waals surface area contributed by atoms with Crippen LogP contribution in [0, 0.1) is 0 Å². The van der Waals surface area contributed by atoms with Crippen molar-refractivity contribution in [2.45, 2.75) is 19.4 Å². The van der Waals surface area contributed by atoms with E-state index in [0.717, 1.165) is 16.3 Å². The molecule has 1 unspecified atom stereocenters. The van der Waals surface area contributed by atoms with E-state index in [0.29, 0.717) is 18.7 Å². The lowest BCUT2D eigenvalue weighted by atomic mass is 10.2. The standard InChI is InChI=1S/C15H18N2O3S/c1-10(18)7-8-16-14(19)13-9-21-15(17-13)11-3-5-12(20-2)6-4-11/h3-6,9-10,18H,7-8H2,1-2H3,(H,16,19). The quantitative estimate of drug-likeness (QED) is 0.859. The van der Waals surface area contributed by atoms with Gasteiger partial charge in [0.25, 0.3) is 5.91 Å². The summed E-state index contributed by atoms with van der Waals surface area (Å²) in [6, 6.07) is 7.54. The number of aliphatic hydroxyl groups is 1. The summed E-state index contributed by atoms with van der Waals surface area (Å²) in [6.07, 6.45) is 0.108. The van der Waals surface area contributed by atoms with Crippen molar-refractivity contribution in [3.8, 4) is 16.3 Å². The average molecular weight is 306 g/mol. The van der Waals surface area contributed by atoms with Crippen LogP contribution in [0.4, 0.5) is 0 Å². The molecule has 0 saturated heterocycles. The van der Waals surface area contributed by atoms with E-state index in [-0.39, 0.29) is 5.91 Å². The second kappa shape index (κ2) is 7.19. The molecule has 1 aromatic heterocycles. The molecule has 0 bridgehead atoms. The summed E-state index contributed by atoms with van der Waals surface area (Å²) in [5, 5.41) is 14.4. The number of aromatic nitrogens is 1. The van der Waals surface area contributed by atoms with Crippen molar-refractivity contribution >= 4 is 17.2 Å². The Morgan fingerprint density at radius 1 is 1.43 bits per heavy atom. The highest BCUT2D eigenvalue weighted by Crippen LogP contribution is 2.25. The van der Waals surface area contributed by atoms with Crippen LogP contribution in [0.5, 0.6) is 5.75 Å². The molecule has 0 saturated carbocycles. The van der Waals surface area contributed by atoms with Crippen molar-refractivity contribution in [3.63, 3.8) is 0 Å². The minimum atomic E-state index is -0.421. The Balaban J connectivity index is 2.01. The summed E-state index contributed by atoms with van der Waals surface area (Å²) in [4.78, 5) is 16.2. The number of hydrogen-bond donors (Lipinski definition) is 2. The zero-order chi connectivity index (χ0) is 15.2. The first-order chi connectivity index (χ1) is 10.1. The number of nitrogens with one attached hydrogen (secondary N) is 1. The van der Waals surface area contributed by atoms with Crippen LogP contribution in [0.1, 0.15) is 23.8 Å². The van der Waals surface area contributed by atoms with Crippen molar-refractivity contribution in [3.05, 3.63) is 35.3 Å². The van der Waals surface area contributed by atoms with Crippen molar-refractivity contribution in [2.75, 3.05) is 13.7 Å². The molecule has 1 atom stereocenters. The zero-order valence-corrected chi connectivity index (χ0v) is 12.8. The number of ether oxygens (including phenoxy) is 1. The number of thiazole rings is 1. The van der Waals surface area contributed by atoms with Gasteiger partial charge < -0.3 is 15.2 Å². The number of carbonyl (C=O) groups excluding carboxylic acids is 1. The van der Waals surface area contributed by atoms with Gasteiger partial charge in [0.05, 0.1) is 13.2 Å². The molecule has 0 aliphatic rings. The highest BCUT2D eigenvalue weighted by atomic mass is 32.1. The molecule has 0 fully saturated rings. The lowest BCUT2D eigenvalue weighted by molar-refractivity contribution is 0.0941. The van der Waals surface area contributed by atoms with Gasteiger partial charge in [-0.1, -0.05) is 0 Å². The molecule has 2 rings (SSSR count). The summed E-state index contributed by atoms with van der Waals surface area (Å²) in [5.74, 6) is 0.568. The summed E-state index contributed by atoms with van der Waals surface area (Å²) in [7, 11) is 1.62. The first-order valence-electron chi connectivity index (χ1n) is 6.66. The second-order valence-electron chi connectivity index (χ2n) is 4.66. The number of carbonyl (C=O) groups is 1. The van der Waals surface area contributed by atoms with Gasteiger partial charge in [0, 0.05) is 17.5 Å². The van der Waals surface area contributed by atoms with Crippen LogP contribution in [-0.4, -0.2) is 35.8 Å². The fourth-order valence-electron chi connectivity index (χ4n) is 1.73. The first-order valence-corrected chi connectivity index (χ1v) is 7.54. The van der Waals surface area contributed by atoms with Gasteiger partial charge in [-0.25, -0.2) is 4.98 Å². The molecule has 1 heterocycles. The number of hydrogen-bond acceptors (Lipinski definition) is 5. The van der Waals surface area contributed by atoms with Crippen LogP contribution < -0.4 is 10.1 Å². The minimum absolute atomic E-state index is 0.216. The van der Waals surface area contributed by atoms with Gasteiger partial charge in [0.15, 0.2) is 0 Å². The maximum absolute atomic E-state index is 11.9. The normalized spacial score (nSPS) is 12.0. The maximum Gasteiger partial charge on any atom is 0.270 e. The minimum Gasteiger partial charge on any atom is -0.497 e. The van der Waals surface area contributed by atoms with Gasteiger partial charge >= 0.3 is 0 Å². The van der Waals surface area contributed by atoms with E-state index in [9.17, 15) is 4.79 Å². The summed E-state index contributed by atoms with van der Waals surface area (Å²) >= 11 is 1.42. The number of methoxy groups -OCH3 is 1. The smallest absolute Gasteiger partial charge is 0.270 e. The van der Waals surface area contributed by atoms with E-state index in [1.807, 2.05) is 24.3 Å². The molecule has 0 spiro atoms. The Morgan fingerprint density at radius 3 is 2.76 bits per heavy atom. The third-order valence-electron chi connectivity index (χ3n) is 2.92. The fraction of sp³-hybridized carbons (Fsp3) is 0.333. The van der Waals surface area contributed by atoms with Gasteiger partial charge in [-0.15, -0.1) is 11.3 Å². The maximum atomic E-state index is 11.9. The van der Waals surface area contributed by atoms with Gasteiger partial charge in [0.1, 0.15) is 16.5 Å². The topological polar surface area (TPSA) is 71.5 Å². The van der Waals surface area contributed by atoms with Crippen molar-refractivity contribution in [1.29, 1.82) is 0 Å². The Labute approximate surface area is 127 Å². The van der Waals surface area contributed by atoms with Gasteiger partial charge in [-0.05, 0) is 37.6 Å². The molecule has 5 nitrogen and oxygen atoms in total. The molecule has 6 heteroatoms. The molecule has 1 aromatic carbocycles. The number of aliphatic hydroxyl groups excluding tert-OH is 1. The van der Waals surface area contributed by atoms with Crippen LogP contribution >= 0.6 is 11.3 Å². The molecular formula is C15H18N2O3S. The average Bonchev–Trinajstić information content (AvgIpc) is 2.97. The van der Waals surface area contributed by atoms with Gasteiger partial charge in [-0.3, -0.25) is 4.79 Å². The van der Waals surface area contributed by atoms with Crippen molar-refractivity contribution in [2.24, 2.45) is 0 Å². The molecule has 0 aliphatic carbocycles. The van der Waals surface area contributed by atoms with E-state index in [1.54, 1.807) is 19.4 Å². The molecular weight excluding hydrogens is 288 g/mol. The molecule has 2 N–H and O–H groups in total. The van der Waals surface area contributed by atoms with E-state index in [1.165, 1.54) is 11.3 Å². The lowest BCUT2D eigenvalue weighted by Crippen LogP contribution is -2.26. The summed E-state index contributed by atoms with van der Waals surface area (Å²) in [6.45, 7) is 2.13. The number of rotatable bonds is 6. The number of amides is 1. The highest BCUT2D eigenvalue weighted by Gasteiger charge is 2.11. The number of nitrogens with zero attached hydrogens (tertiary/aromatic N) is 1. The SMILES string of the molecule is COc1ccc(-c2nc(C(=O)NCCC(C)O)cs2)cc1. The first kappa shape index (κ1) is 15.5. The van der Waals surface area contributed by atoms with Crippen molar-refractivity contribution in [1.82, 2.24) is 10.3 Å². The Morgan fingerprint density at radius 2 is 2.14 bits per heavy atom. The molecule has 2 aromatic rings. The third kappa shape index (κ3) is 4.27. The number of benzene rings is 1. The van der Waals surface area contributed by atoms with E-state index >= 15 is 0 Å². The Bertz CT molecular complexity index is 593. The Hall–Kier alpha value is -1.92. The molecule has 21 heavy (non-hydrogen) atoms. The lowest BCUT2D eigenvalue weighted by Gasteiger charge is -2.04. The zero-order valence-electron chi connectivity index (χ0n) is 12.0. The summed E-state index contributed by atoms with van der Waals surface area (Å²) in [5.41, 5.74) is 1.35. The van der Waals surface area contributed by atoms with E-state index < -0.39 is 6.10 Å². The van der Waals surface area contributed by atoms with Crippen LogP contribution in [0.25, 0.3) is 10.6 Å². The Kier molecular flexibility index (Phi) is 5.30. The third-order valence-corrected chi connectivity index (χ3v) is 3.81. The molecule has 1 amide bonds. The van der Waals surface area contributed by atoms with E-state index in [2.05, 4.69) is 10.3 Å². The van der Waals surface area contributed by atoms with Crippen molar-refractivity contribution < 1.29 is 14.6 Å². The van der Waals surface area contributed by atoms with Gasteiger partial charge in [0.2, 0.25) is 0 Å². The largest absolute Gasteiger partial charge is 0.497 e.